The van der Waals surface area contributed by atoms with Gasteiger partial charge in [0.2, 0.25) is 0 Å². The van der Waals surface area contributed by atoms with Gasteiger partial charge in [-0.25, -0.2) is 14.2 Å². The largest absolute Gasteiger partial charge is 0.478 e. The summed E-state index contributed by atoms with van der Waals surface area (Å²) in [5.41, 5.74) is -0.161. The van der Waals surface area contributed by atoms with Crippen LogP contribution in [0.3, 0.4) is 0 Å². The number of anilines is 1. The molecule has 78 valence electrons. The van der Waals surface area contributed by atoms with E-state index in [1.54, 1.807) is 0 Å². The molecule has 0 amide bonds. The van der Waals surface area contributed by atoms with Crippen molar-refractivity contribution in [1.82, 2.24) is 4.98 Å². The molecule has 0 aliphatic rings. The van der Waals surface area contributed by atoms with Crippen molar-refractivity contribution in [2.75, 3.05) is 12.4 Å². The third kappa shape index (κ3) is 3.01. The molecule has 0 bridgehead atoms. The van der Waals surface area contributed by atoms with Crippen LogP contribution in [0.15, 0.2) is 12.3 Å². The Bertz CT molecular complexity index is 316. The minimum absolute atomic E-state index is 0.0417. The maximum Gasteiger partial charge on any atom is 0.337 e. The first-order chi connectivity index (χ1) is 6.65. The number of hydrogen-bond donors (Lipinski definition) is 2. The normalized spacial score (nSPS) is 8.57. The summed E-state index contributed by atoms with van der Waals surface area (Å²) in [6.07, 6.45) is 1.09. The second-order valence-corrected chi connectivity index (χ2v) is 2.11. The van der Waals surface area contributed by atoms with Crippen LogP contribution in [-0.2, 0) is 0 Å². The Morgan fingerprint density at radius 2 is 2.14 bits per heavy atom. The number of hydrogen-bond acceptors (Lipinski definition) is 3. The highest BCUT2D eigenvalue weighted by atomic mass is 19.1. The number of rotatable bonds is 2. The monoisotopic (exact) mass is 200 g/mol. The van der Waals surface area contributed by atoms with Gasteiger partial charge in [-0.2, -0.15) is 0 Å². The zero-order valence-electron chi connectivity index (χ0n) is 8.34. The van der Waals surface area contributed by atoms with Gasteiger partial charge >= 0.3 is 5.97 Å². The molecule has 0 saturated carbocycles. The lowest BCUT2D eigenvalue weighted by atomic mass is 10.3. The van der Waals surface area contributed by atoms with Crippen molar-refractivity contribution >= 4 is 11.8 Å². The molecule has 0 fully saturated rings. The number of nitrogens with one attached hydrogen (secondary N) is 1. The van der Waals surface area contributed by atoms with Crippen molar-refractivity contribution in [1.29, 1.82) is 0 Å². The molecule has 0 aliphatic carbocycles. The Balaban J connectivity index is 0.000000791. The number of carboxylic acids is 1. The van der Waals surface area contributed by atoms with Gasteiger partial charge in [0.15, 0.2) is 11.6 Å². The number of pyridine rings is 1. The molecular formula is C9H13FN2O2. The highest BCUT2D eigenvalue weighted by molar-refractivity contribution is 5.87. The standard InChI is InChI=1S/C7H7FN2O2.C2H6/c1-9-6-5(8)2-4(3-10-6)7(11)12;1-2/h2-3H,1H3,(H,9,10)(H,11,12);1-2H3. The van der Waals surface area contributed by atoms with Gasteiger partial charge in [0.25, 0.3) is 0 Å². The molecule has 5 heteroatoms. The maximum absolute atomic E-state index is 12.8. The predicted octanol–water partition coefficient (Wildman–Crippen LogP) is 1.99. The van der Waals surface area contributed by atoms with Crippen molar-refractivity contribution in [2.45, 2.75) is 13.8 Å². The SMILES string of the molecule is CC.CNc1ncc(C(=O)O)cc1F. The molecule has 0 spiro atoms. The fourth-order valence-electron chi connectivity index (χ4n) is 0.739. The van der Waals surface area contributed by atoms with E-state index >= 15 is 0 Å². The van der Waals surface area contributed by atoms with E-state index in [2.05, 4.69) is 10.3 Å². The van der Waals surface area contributed by atoms with Crippen LogP contribution in [0.1, 0.15) is 24.2 Å². The lowest BCUT2D eigenvalue weighted by Crippen LogP contribution is -2.02. The number of aromatic nitrogens is 1. The van der Waals surface area contributed by atoms with Gasteiger partial charge in [-0.15, -0.1) is 0 Å². The van der Waals surface area contributed by atoms with Crippen molar-refractivity contribution in [2.24, 2.45) is 0 Å². The summed E-state index contributed by atoms with van der Waals surface area (Å²) in [7, 11) is 1.51. The van der Waals surface area contributed by atoms with E-state index in [1.165, 1.54) is 7.05 Å². The molecule has 1 heterocycles. The van der Waals surface area contributed by atoms with E-state index in [0.29, 0.717) is 0 Å². The number of carbonyl (C=O) groups is 1. The van der Waals surface area contributed by atoms with E-state index in [1.807, 2.05) is 13.8 Å². The quantitative estimate of drug-likeness (QED) is 0.766. The van der Waals surface area contributed by atoms with Crippen molar-refractivity contribution in [3.63, 3.8) is 0 Å². The summed E-state index contributed by atoms with van der Waals surface area (Å²) in [5.74, 6) is -1.82. The molecule has 0 unspecified atom stereocenters. The van der Waals surface area contributed by atoms with E-state index < -0.39 is 11.8 Å². The summed E-state index contributed by atoms with van der Waals surface area (Å²) in [5, 5.41) is 10.9. The fraction of sp³-hybridized carbons (Fsp3) is 0.333. The van der Waals surface area contributed by atoms with E-state index in [-0.39, 0.29) is 11.4 Å². The third-order valence-corrected chi connectivity index (χ3v) is 1.32. The molecule has 0 atom stereocenters. The minimum atomic E-state index is -1.19. The molecule has 14 heavy (non-hydrogen) atoms. The molecule has 1 aromatic rings. The van der Waals surface area contributed by atoms with E-state index in [0.717, 1.165) is 12.3 Å². The molecule has 0 aromatic carbocycles. The molecule has 0 saturated heterocycles. The molecule has 0 radical (unpaired) electrons. The van der Waals surface area contributed by atoms with E-state index in [4.69, 9.17) is 5.11 Å². The molecule has 1 aromatic heterocycles. The van der Waals surface area contributed by atoms with Crippen LogP contribution in [0.25, 0.3) is 0 Å². The summed E-state index contributed by atoms with van der Waals surface area (Å²) >= 11 is 0. The van der Waals surface area contributed by atoms with Crippen LogP contribution in [0.4, 0.5) is 10.2 Å². The number of carboxylic acid groups (broad SMARTS) is 1. The van der Waals surface area contributed by atoms with Gasteiger partial charge in [0, 0.05) is 13.2 Å². The first-order valence-corrected chi connectivity index (χ1v) is 4.21. The molecule has 0 aliphatic heterocycles. The number of aromatic carboxylic acids is 1. The molecule has 2 N–H and O–H groups in total. The number of halogens is 1. The van der Waals surface area contributed by atoms with E-state index in [9.17, 15) is 9.18 Å². The zero-order chi connectivity index (χ0) is 11.1. The summed E-state index contributed by atoms with van der Waals surface area (Å²) in [6, 6.07) is 0.918. The molecule has 4 nitrogen and oxygen atoms in total. The average molecular weight is 200 g/mol. The van der Waals surface area contributed by atoms with Crippen LogP contribution < -0.4 is 5.32 Å². The zero-order valence-corrected chi connectivity index (χ0v) is 8.34. The lowest BCUT2D eigenvalue weighted by molar-refractivity contribution is 0.0696. The first kappa shape index (κ1) is 12.3. The van der Waals surface area contributed by atoms with Gasteiger partial charge in [-0.1, -0.05) is 13.8 Å². The second-order valence-electron chi connectivity index (χ2n) is 2.11. The van der Waals surface area contributed by atoms with Crippen LogP contribution in [0, 0.1) is 5.82 Å². The summed E-state index contributed by atoms with van der Waals surface area (Å²) < 4.78 is 12.8. The smallest absolute Gasteiger partial charge is 0.337 e. The Labute approximate surface area is 81.8 Å². The van der Waals surface area contributed by atoms with Gasteiger partial charge < -0.3 is 10.4 Å². The van der Waals surface area contributed by atoms with Gasteiger partial charge in [-0.05, 0) is 6.07 Å². The highest BCUT2D eigenvalue weighted by Gasteiger charge is 2.07. The predicted molar refractivity (Wildman–Crippen MR) is 52.0 cm³/mol. The van der Waals surface area contributed by atoms with Crippen molar-refractivity contribution in [3.05, 3.63) is 23.6 Å². The topological polar surface area (TPSA) is 62.2 Å². The lowest BCUT2D eigenvalue weighted by Gasteiger charge is -2.00. The molecular weight excluding hydrogens is 187 g/mol. The average Bonchev–Trinajstić information content (AvgIpc) is 2.20. The fourth-order valence-corrected chi connectivity index (χ4v) is 0.739. The van der Waals surface area contributed by atoms with Crippen molar-refractivity contribution < 1.29 is 14.3 Å². The second kappa shape index (κ2) is 5.90. The van der Waals surface area contributed by atoms with Crippen LogP contribution in [0.2, 0.25) is 0 Å². The Morgan fingerprint density at radius 3 is 2.50 bits per heavy atom. The van der Waals surface area contributed by atoms with Crippen LogP contribution in [0.5, 0.6) is 0 Å². The molecule has 1 rings (SSSR count). The Morgan fingerprint density at radius 1 is 1.57 bits per heavy atom. The third-order valence-electron chi connectivity index (χ3n) is 1.32. The highest BCUT2D eigenvalue weighted by Crippen LogP contribution is 2.10. The maximum atomic E-state index is 12.8. The Kier molecular flexibility index (Phi) is 5.21. The number of nitrogens with zero attached hydrogens (tertiary/aromatic N) is 1. The van der Waals surface area contributed by atoms with Crippen molar-refractivity contribution in [3.8, 4) is 0 Å². The Hall–Kier alpha value is -1.65. The minimum Gasteiger partial charge on any atom is -0.478 e. The first-order valence-electron chi connectivity index (χ1n) is 4.21. The van der Waals surface area contributed by atoms with Gasteiger partial charge in [-0.3, -0.25) is 0 Å². The van der Waals surface area contributed by atoms with Crippen LogP contribution in [-0.4, -0.2) is 23.1 Å². The van der Waals surface area contributed by atoms with Gasteiger partial charge in [0.1, 0.15) is 0 Å². The summed E-state index contributed by atoms with van der Waals surface area (Å²) in [6.45, 7) is 4.00. The van der Waals surface area contributed by atoms with Crippen LogP contribution >= 0.6 is 0 Å². The van der Waals surface area contributed by atoms with Gasteiger partial charge in [0.05, 0.1) is 5.56 Å². The summed E-state index contributed by atoms with van der Waals surface area (Å²) in [4.78, 5) is 13.9.